The zero-order valence-corrected chi connectivity index (χ0v) is 18.1. The molecule has 3 aliphatic rings. The number of para-hydroxylation sites is 1. The third kappa shape index (κ3) is 2.39. The highest BCUT2D eigenvalue weighted by atomic mass is 16.5. The van der Waals surface area contributed by atoms with Gasteiger partial charge in [0.1, 0.15) is 11.3 Å². The van der Waals surface area contributed by atoms with E-state index in [1.807, 2.05) is 85.5 Å². The minimum atomic E-state index is -1.00. The predicted molar refractivity (Wildman–Crippen MR) is 122 cm³/mol. The molecular weight excluding hydrogens is 400 g/mol. The number of nitrogens with zero attached hydrogens (tertiary/aromatic N) is 2. The van der Waals surface area contributed by atoms with Crippen molar-refractivity contribution in [2.24, 2.45) is 5.92 Å². The molecule has 5 nitrogen and oxygen atoms in total. The van der Waals surface area contributed by atoms with E-state index in [-0.39, 0.29) is 29.8 Å². The van der Waals surface area contributed by atoms with Crippen LogP contribution in [0.15, 0.2) is 78.9 Å². The lowest BCUT2D eigenvalue weighted by atomic mass is 9.73. The molecule has 0 spiro atoms. The topological polar surface area (TPSA) is 49.9 Å². The van der Waals surface area contributed by atoms with Crippen molar-refractivity contribution in [2.45, 2.75) is 31.3 Å². The van der Waals surface area contributed by atoms with E-state index >= 15 is 0 Å². The zero-order chi connectivity index (χ0) is 22.0. The number of urea groups is 1. The molecule has 3 aromatic rings. The Morgan fingerprint density at radius 3 is 2.47 bits per heavy atom. The largest absolute Gasteiger partial charge is 0.493 e. The Morgan fingerprint density at radius 2 is 1.69 bits per heavy atom. The van der Waals surface area contributed by atoms with Gasteiger partial charge in [-0.1, -0.05) is 60.7 Å². The summed E-state index contributed by atoms with van der Waals surface area (Å²) < 4.78 is 6.13. The predicted octanol–water partition coefficient (Wildman–Crippen LogP) is 5.07. The van der Waals surface area contributed by atoms with Gasteiger partial charge < -0.3 is 9.64 Å². The normalized spacial score (nSPS) is 28.2. The van der Waals surface area contributed by atoms with E-state index in [1.165, 1.54) is 4.90 Å². The maximum atomic E-state index is 14.1. The van der Waals surface area contributed by atoms with Crippen LogP contribution >= 0.6 is 0 Å². The first-order chi connectivity index (χ1) is 15.5. The first kappa shape index (κ1) is 19.1. The number of hydrogen-bond acceptors (Lipinski definition) is 3. The van der Waals surface area contributed by atoms with Crippen LogP contribution in [0.2, 0.25) is 0 Å². The number of ether oxygens (including phenoxy) is 1. The van der Waals surface area contributed by atoms with Gasteiger partial charge in [0.2, 0.25) is 0 Å². The summed E-state index contributed by atoms with van der Waals surface area (Å²) in [7, 11) is 0. The Kier molecular flexibility index (Phi) is 4.00. The molecule has 5 heteroatoms. The van der Waals surface area contributed by atoms with E-state index in [0.717, 1.165) is 22.4 Å². The Morgan fingerprint density at radius 1 is 0.938 bits per heavy atom. The molecule has 0 unspecified atom stereocenters. The highest BCUT2D eigenvalue weighted by molar-refractivity contribution is 6.24. The third-order valence-corrected chi connectivity index (χ3v) is 7.34. The Labute approximate surface area is 187 Å². The fourth-order valence-electron chi connectivity index (χ4n) is 6.03. The molecule has 0 bridgehead atoms. The zero-order valence-electron chi connectivity index (χ0n) is 18.1. The molecule has 0 aliphatic carbocycles. The molecule has 32 heavy (non-hydrogen) atoms. The molecule has 2 saturated heterocycles. The molecule has 0 saturated carbocycles. The van der Waals surface area contributed by atoms with Crippen LogP contribution in [0.5, 0.6) is 5.75 Å². The molecule has 3 aliphatic heterocycles. The van der Waals surface area contributed by atoms with E-state index in [0.29, 0.717) is 12.3 Å². The van der Waals surface area contributed by atoms with E-state index in [9.17, 15) is 9.59 Å². The summed E-state index contributed by atoms with van der Waals surface area (Å²) in [5.41, 5.74) is 2.66. The molecule has 0 N–H and O–H groups in total. The number of anilines is 1. The fraction of sp³-hybridized carbons (Fsp3) is 0.259. The summed E-state index contributed by atoms with van der Waals surface area (Å²) >= 11 is 0. The average Bonchev–Trinajstić information content (AvgIpc) is 3.19. The average molecular weight is 425 g/mol. The maximum Gasteiger partial charge on any atom is 0.332 e. The third-order valence-electron chi connectivity index (χ3n) is 7.34. The Hall–Kier alpha value is -3.60. The summed E-state index contributed by atoms with van der Waals surface area (Å²) in [6.07, 6.45) is 0. The van der Waals surface area contributed by atoms with Crippen LogP contribution in [0.4, 0.5) is 10.5 Å². The monoisotopic (exact) mass is 424 g/mol. The van der Waals surface area contributed by atoms with Gasteiger partial charge in [-0.05, 0) is 43.2 Å². The summed E-state index contributed by atoms with van der Waals surface area (Å²) in [5, 5.41) is 0. The minimum Gasteiger partial charge on any atom is -0.493 e. The van der Waals surface area contributed by atoms with Gasteiger partial charge in [0.15, 0.2) is 0 Å². The van der Waals surface area contributed by atoms with Gasteiger partial charge >= 0.3 is 6.03 Å². The highest BCUT2D eigenvalue weighted by Crippen LogP contribution is 2.61. The molecule has 0 aromatic heterocycles. The summed E-state index contributed by atoms with van der Waals surface area (Å²) in [6.45, 7) is 4.37. The van der Waals surface area contributed by atoms with Crippen LogP contribution in [-0.2, 0) is 4.79 Å². The molecule has 3 amide bonds. The van der Waals surface area contributed by atoms with Crippen LogP contribution in [0.3, 0.4) is 0 Å². The molecule has 3 heterocycles. The smallest absolute Gasteiger partial charge is 0.332 e. The van der Waals surface area contributed by atoms with Crippen molar-refractivity contribution >= 4 is 17.6 Å². The second-order valence-corrected chi connectivity index (χ2v) is 9.13. The lowest BCUT2D eigenvalue weighted by molar-refractivity contribution is -0.124. The molecule has 160 valence electrons. The van der Waals surface area contributed by atoms with Crippen molar-refractivity contribution < 1.29 is 14.3 Å². The molecule has 0 radical (unpaired) electrons. The maximum absolute atomic E-state index is 14.1. The van der Waals surface area contributed by atoms with Crippen LogP contribution in [0, 0.1) is 12.8 Å². The highest BCUT2D eigenvalue weighted by Gasteiger charge is 2.70. The quantitative estimate of drug-likeness (QED) is 0.540. The number of amides is 3. The van der Waals surface area contributed by atoms with Crippen molar-refractivity contribution in [3.63, 3.8) is 0 Å². The number of carbonyl (C=O) groups is 2. The number of benzene rings is 3. The number of rotatable bonds is 2. The second kappa shape index (κ2) is 6.70. The lowest BCUT2D eigenvalue weighted by Gasteiger charge is -2.34. The summed E-state index contributed by atoms with van der Waals surface area (Å²) in [4.78, 5) is 31.2. The number of hydrogen-bond donors (Lipinski definition) is 0. The SMILES string of the molecule is Cc1cccc(N2C(=O)N3[C@@H]4c5ccccc5OC[C@@H]4[C@@H](c4ccccc4)[C@@]3(C)C2=O)c1. The summed E-state index contributed by atoms with van der Waals surface area (Å²) in [6, 6.07) is 25.1. The number of fused-ring (bicyclic) bond motifs is 5. The summed E-state index contributed by atoms with van der Waals surface area (Å²) in [5.74, 6) is 0.436. The van der Waals surface area contributed by atoms with Gasteiger partial charge in [-0.25, -0.2) is 9.69 Å². The van der Waals surface area contributed by atoms with Gasteiger partial charge in [0, 0.05) is 17.4 Å². The molecule has 4 atom stereocenters. The second-order valence-electron chi connectivity index (χ2n) is 9.13. The fourth-order valence-corrected chi connectivity index (χ4v) is 6.03. The van der Waals surface area contributed by atoms with Gasteiger partial charge in [-0.15, -0.1) is 0 Å². The number of aryl methyl sites for hydroxylation is 1. The minimum absolute atomic E-state index is 0.00939. The van der Waals surface area contributed by atoms with Gasteiger partial charge in [-0.2, -0.15) is 0 Å². The van der Waals surface area contributed by atoms with E-state index in [1.54, 1.807) is 0 Å². The van der Waals surface area contributed by atoms with Crippen LogP contribution in [0.25, 0.3) is 0 Å². The van der Waals surface area contributed by atoms with Crippen molar-refractivity contribution in [3.05, 3.63) is 95.6 Å². The van der Waals surface area contributed by atoms with Crippen LogP contribution in [-0.4, -0.2) is 29.0 Å². The number of carbonyl (C=O) groups excluding carboxylic acids is 2. The van der Waals surface area contributed by atoms with E-state index in [4.69, 9.17) is 4.74 Å². The Bertz CT molecular complexity index is 1240. The van der Waals surface area contributed by atoms with E-state index < -0.39 is 5.54 Å². The van der Waals surface area contributed by atoms with Crippen molar-refractivity contribution in [2.75, 3.05) is 11.5 Å². The van der Waals surface area contributed by atoms with Crippen LogP contribution < -0.4 is 9.64 Å². The van der Waals surface area contributed by atoms with Crippen LogP contribution in [0.1, 0.15) is 35.6 Å². The Balaban J connectivity index is 1.57. The van der Waals surface area contributed by atoms with Crippen molar-refractivity contribution in [1.82, 2.24) is 4.90 Å². The molecule has 3 aromatic carbocycles. The standard InChI is InChI=1S/C27H24N2O3/c1-17-9-8-12-19(15-17)28-25(30)27(2)23(18-10-4-3-5-11-18)21-16-32-22-14-7-6-13-20(22)24(21)29(27)26(28)31/h3-15,21,23-24H,16H2,1-2H3/t21-,23-,24-,27+/m1/s1. The lowest BCUT2D eigenvalue weighted by Crippen LogP contribution is -2.46. The van der Waals surface area contributed by atoms with Gasteiger partial charge in [0.05, 0.1) is 18.3 Å². The van der Waals surface area contributed by atoms with Crippen molar-refractivity contribution in [3.8, 4) is 5.75 Å². The van der Waals surface area contributed by atoms with Gasteiger partial charge in [-0.3, -0.25) is 4.79 Å². The molecule has 6 rings (SSSR count). The first-order valence-corrected chi connectivity index (χ1v) is 11.0. The molecular formula is C27H24N2O3. The first-order valence-electron chi connectivity index (χ1n) is 11.0. The van der Waals surface area contributed by atoms with Gasteiger partial charge in [0.25, 0.3) is 5.91 Å². The number of imide groups is 1. The van der Waals surface area contributed by atoms with Crippen molar-refractivity contribution in [1.29, 1.82) is 0 Å². The van der Waals surface area contributed by atoms with E-state index in [2.05, 4.69) is 12.1 Å². The molecule has 2 fully saturated rings.